The van der Waals surface area contributed by atoms with Gasteiger partial charge in [-0.25, -0.2) is 13.9 Å². The molecule has 4 rings (SSSR count). The van der Waals surface area contributed by atoms with Crippen LogP contribution in [0.4, 0.5) is 18.9 Å². The molecule has 2 N–H and O–H groups in total. The second kappa shape index (κ2) is 10.4. The number of sulfonamides is 1. The molecule has 9 nitrogen and oxygen atoms in total. The lowest BCUT2D eigenvalue weighted by molar-refractivity contribution is -0.137. The normalized spacial score (nSPS) is 16.3. The number of amides is 2. The molecule has 1 heterocycles. The second-order valence-corrected chi connectivity index (χ2v) is 10.2. The van der Waals surface area contributed by atoms with E-state index in [2.05, 4.69) is 0 Å². The van der Waals surface area contributed by atoms with Gasteiger partial charge in [0.1, 0.15) is 11.8 Å². The summed E-state index contributed by atoms with van der Waals surface area (Å²) in [6, 6.07) is 13.7. The monoisotopic (exact) mass is 549 g/mol. The predicted octanol–water partition coefficient (Wildman–Crippen LogP) is 3.44. The molecule has 0 bridgehead atoms. The highest BCUT2D eigenvalue weighted by atomic mass is 32.2. The number of methoxy groups -OCH3 is 1. The molecule has 200 valence electrons. The van der Waals surface area contributed by atoms with E-state index in [1.165, 1.54) is 55.1 Å². The van der Waals surface area contributed by atoms with Gasteiger partial charge in [-0.05, 0) is 54.1 Å². The van der Waals surface area contributed by atoms with Gasteiger partial charge < -0.3 is 9.64 Å². The van der Waals surface area contributed by atoms with Crippen molar-refractivity contribution in [3.05, 3.63) is 89.5 Å². The van der Waals surface area contributed by atoms with Crippen LogP contribution in [0.5, 0.6) is 5.75 Å². The van der Waals surface area contributed by atoms with Gasteiger partial charge in [0.25, 0.3) is 11.8 Å². The minimum atomic E-state index is -4.70. The smallest absolute Gasteiger partial charge is 0.416 e. The van der Waals surface area contributed by atoms with Gasteiger partial charge in [-0.1, -0.05) is 24.3 Å². The molecule has 0 spiro atoms. The average Bonchev–Trinajstić information content (AvgIpc) is 3.10. The zero-order valence-electron chi connectivity index (χ0n) is 19.8. The van der Waals surface area contributed by atoms with Crippen LogP contribution in [0, 0.1) is 0 Å². The van der Waals surface area contributed by atoms with E-state index in [1.807, 2.05) is 0 Å². The summed E-state index contributed by atoms with van der Waals surface area (Å²) in [6.45, 7) is -0.955. The Labute approximate surface area is 216 Å². The number of hydroxylamine groups is 1. The van der Waals surface area contributed by atoms with Crippen molar-refractivity contribution in [1.29, 1.82) is 0 Å². The number of anilines is 1. The molecule has 3 aromatic carbocycles. The SMILES string of the molecule is COc1ccc(S(=O)(=O)N2Cc3ccccc3N(C(=O)c3cccc(C(F)(F)F)c3)CC2C(=O)NO)cc1. The topological polar surface area (TPSA) is 116 Å². The van der Waals surface area contributed by atoms with Crippen LogP contribution in [-0.4, -0.2) is 49.4 Å². The van der Waals surface area contributed by atoms with Gasteiger partial charge in [0.2, 0.25) is 10.0 Å². The number of nitrogens with zero attached hydrogens (tertiary/aromatic N) is 2. The molecule has 1 unspecified atom stereocenters. The first-order valence-electron chi connectivity index (χ1n) is 11.1. The predicted molar refractivity (Wildman–Crippen MR) is 129 cm³/mol. The van der Waals surface area contributed by atoms with Crippen LogP contribution >= 0.6 is 0 Å². The van der Waals surface area contributed by atoms with Crippen LogP contribution in [0.15, 0.2) is 77.7 Å². The standard InChI is InChI=1S/C25H22F3N3O6S/c1-37-19-9-11-20(12-10-19)38(35,36)31-14-17-5-2-3-8-21(17)30(15-22(31)23(32)29-34)24(33)16-6-4-7-18(13-16)25(26,27)28/h2-13,22,34H,14-15H2,1H3,(H,29,32). The summed E-state index contributed by atoms with van der Waals surface area (Å²) in [5, 5.41) is 9.42. The highest BCUT2D eigenvalue weighted by Crippen LogP contribution is 2.34. The van der Waals surface area contributed by atoms with Gasteiger partial charge in [-0.3, -0.25) is 14.8 Å². The van der Waals surface area contributed by atoms with E-state index in [1.54, 1.807) is 12.1 Å². The van der Waals surface area contributed by atoms with Gasteiger partial charge in [-0.2, -0.15) is 17.5 Å². The zero-order valence-corrected chi connectivity index (χ0v) is 20.7. The molecule has 1 aliphatic heterocycles. The number of fused-ring (bicyclic) bond motifs is 1. The van der Waals surface area contributed by atoms with E-state index in [0.717, 1.165) is 21.3 Å². The fourth-order valence-electron chi connectivity index (χ4n) is 4.15. The van der Waals surface area contributed by atoms with Crippen molar-refractivity contribution in [3.63, 3.8) is 0 Å². The molecule has 0 fully saturated rings. The van der Waals surface area contributed by atoms with Crippen LogP contribution in [0.2, 0.25) is 0 Å². The lowest BCUT2D eigenvalue weighted by Gasteiger charge is -2.29. The molecular weight excluding hydrogens is 527 g/mol. The van der Waals surface area contributed by atoms with Gasteiger partial charge >= 0.3 is 6.18 Å². The zero-order chi connectivity index (χ0) is 27.7. The fraction of sp³-hybridized carbons (Fsp3) is 0.200. The largest absolute Gasteiger partial charge is 0.497 e. The Morgan fingerprint density at radius 2 is 1.71 bits per heavy atom. The third kappa shape index (κ3) is 5.21. The van der Waals surface area contributed by atoms with E-state index in [-0.39, 0.29) is 22.7 Å². The first-order valence-corrected chi connectivity index (χ1v) is 12.6. The quantitative estimate of drug-likeness (QED) is 0.372. The van der Waals surface area contributed by atoms with E-state index in [9.17, 15) is 36.4 Å². The van der Waals surface area contributed by atoms with Crippen molar-refractivity contribution in [1.82, 2.24) is 9.79 Å². The molecular formula is C25H22F3N3O6S. The number of carbonyl (C=O) groups is 2. The summed E-state index contributed by atoms with van der Waals surface area (Å²) in [4.78, 5) is 27.2. The lowest BCUT2D eigenvalue weighted by Crippen LogP contribution is -2.53. The molecule has 0 saturated heterocycles. The summed E-state index contributed by atoms with van der Waals surface area (Å²) in [7, 11) is -2.97. The Hall–Kier alpha value is -3.94. The average molecular weight is 550 g/mol. The first kappa shape index (κ1) is 27.1. The van der Waals surface area contributed by atoms with Crippen molar-refractivity contribution in [3.8, 4) is 5.75 Å². The molecule has 2 amide bonds. The highest BCUT2D eigenvalue weighted by Gasteiger charge is 2.42. The highest BCUT2D eigenvalue weighted by molar-refractivity contribution is 7.89. The van der Waals surface area contributed by atoms with Gasteiger partial charge in [0, 0.05) is 17.8 Å². The lowest BCUT2D eigenvalue weighted by atomic mass is 10.1. The first-order chi connectivity index (χ1) is 18.0. The maximum absolute atomic E-state index is 13.7. The van der Waals surface area contributed by atoms with Gasteiger partial charge in [0.05, 0.1) is 24.1 Å². The minimum Gasteiger partial charge on any atom is -0.497 e. The van der Waals surface area contributed by atoms with Crippen molar-refractivity contribution in [2.75, 3.05) is 18.6 Å². The van der Waals surface area contributed by atoms with Crippen molar-refractivity contribution in [2.45, 2.75) is 23.7 Å². The van der Waals surface area contributed by atoms with E-state index < -0.39 is 46.2 Å². The van der Waals surface area contributed by atoms with Crippen LogP contribution < -0.4 is 15.1 Å². The second-order valence-electron chi connectivity index (χ2n) is 8.34. The maximum Gasteiger partial charge on any atom is 0.416 e. The van der Waals surface area contributed by atoms with Crippen LogP contribution in [0.25, 0.3) is 0 Å². The number of hydrogen-bond donors (Lipinski definition) is 2. The number of nitrogens with one attached hydrogen (secondary N) is 1. The van der Waals surface area contributed by atoms with Crippen molar-refractivity contribution >= 4 is 27.5 Å². The summed E-state index contributed by atoms with van der Waals surface area (Å²) >= 11 is 0. The Morgan fingerprint density at radius 3 is 2.34 bits per heavy atom. The fourth-order valence-corrected chi connectivity index (χ4v) is 5.71. The van der Waals surface area contributed by atoms with Crippen LogP contribution in [0.1, 0.15) is 21.5 Å². The number of rotatable bonds is 5. The van der Waals surface area contributed by atoms with E-state index >= 15 is 0 Å². The molecule has 13 heteroatoms. The van der Waals surface area contributed by atoms with E-state index in [4.69, 9.17) is 4.74 Å². The van der Waals surface area contributed by atoms with E-state index in [0.29, 0.717) is 17.4 Å². The maximum atomic E-state index is 13.7. The van der Waals surface area contributed by atoms with Crippen molar-refractivity contribution < 1.29 is 41.1 Å². The minimum absolute atomic E-state index is 0.177. The molecule has 0 aliphatic carbocycles. The molecule has 38 heavy (non-hydrogen) atoms. The summed E-state index contributed by atoms with van der Waals surface area (Å²) in [5.74, 6) is -1.62. The molecule has 1 atom stereocenters. The molecule has 3 aromatic rings. The number of alkyl halides is 3. The Bertz CT molecular complexity index is 1460. The molecule has 0 saturated carbocycles. The summed E-state index contributed by atoms with van der Waals surface area (Å²) in [6.07, 6.45) is -4.70. The van der Waals surface area contributed by atoms with Crippen LogP contribution in [-0.2, 0) is 27.5 Å². The number of halogens is 3. The number of ether oxygens (including phenoxy) is 1. The number of carbonyl (C=O) groups excluding carboxylic acids is 2. The van der Waals surface area contributed by atoms with Gasteiger partial charge in [-0.15, -0.1) is 0 Å². The molecule has 1 aliphatic rings. The number of benzene rings is 3. The summed E-state index contributed by atoms with van der Waals surface area (Å²) < 4.78 is 73.1. The third-order valence-electron chi connectivity index (χ3n) is 6.07. The van der Waals surface area contributed by atoms with Gasteiger partial charge in [0.15, 0.2) is 0 Å². The number of hydrogen-bond acceptors (Lipinski definition) is 6. The Balaban J connectivity index is 1.82. The molecule has 0 radical (unpaired) electrons. The summed E-state index contributed by atoms with van der Waals surface area (Å²) in [5.41, 5.74) is 0.604. The third-order valence-corrected chi connectivity index (χ3v) is 7.94. The Kier molecular flexibility index (Phi) is 7.44. The van der Waals surface area contributed by atoms with Crippen LogP contribution in [0.3, 0.4) is 0 Å². The molecule has 0 aromatic heterocycles. The van der Waals surface area contributed by atoms with Crippen molar-refractivity contribution in [2.24, 2.45) is 0 Å². The number of para-hydroxylation sites is 1. The Morgan fingerprint density at radius 1 is 1.03 bits per heavy atom.